The summed E-state index contributed by atoms with van der Waals surface area (Å²) in [5.74, 6) is 1.36. The van der Waals surface area contributed by atoms with E-state index in [1.807, 2.05) is 0 Å². The molecule has 4 nitrogen and oxygen atoms in total. The van der Waals surface area contributed by atoms with Crippen molar-refractivity contribution in [3.63, 3.8) is 0 Å². The highest BCUT2D eigenvalue weighted by atomic mass is 35.5. The van der Waals surface area contributed by atoms with E-state index in [4.69, 9.17) is 17.3 Å². The predicted molar refractivity (Wildman–Crippen MR) is 82.2 cm³/mol. The lowest BCUT2D eigenvalue weighted by molar-refractivity contribution is 0.655. The van der Waals surface area contributed by atoms with Crippen molar-refractivity contribution < 1.29 is 0 Å². The Morgan fingerprint density at radius 2 is 1.90 bits per heavy atom. The average Bonchev–Trinajstić information content (AvgIpc) is 3.05. The lowest BCUT2D eigenvalue weighted by Crippen LogP contribution is -2.18. The minimum absolute atomic E-state index is 0.305. The van der Waals surface area contributed by atoms with E-state index in [2.05, 4.69) is 22.2 Å². The summed E-state index contributed by atoms with van der Waals surface area (Å²) in [6.45, 7) is 2.10. The Balaban J connectivity index is 1.84. The summed E-state index contributed by atoms with van der Waals surface area (Å²) in [6, 6.07) is 0.845. The Morgan fingerprint density at radius 1 is 1.15 bits per heavy atom. The summed E-state index contributed by atoms with van der Waals surface area (Å²) < 4.78 is 0. The minimum Gasteiger partial charge on any atom is -0.367 e. The molecule has 5 heteroatoms. The first-order chi connectivity index (χ1) is 9.63. The molecule has 2 saturated carbocycles. The smallest absolute Gasteiger partial charge is 0.224 e. The van der Waals surface area contributed by atoms with Gasteiger partial charge in [-0.1, -0.05) is 12.8 Å². The van der Waals surface area contributed by atoms with Gasteiger partial charge < -0.3 is 11.1 Å². The van der Waals surface area contributed by atoms with Crippen molar-refractivity contribution >= 4 is 17.4 Å². The number of rotatable bonds is 3. The van der Waals surface area contributed by atoms with Gasteiger partial charge in [0, 0.05) is 23.6 Å². The van der Waals surface area contributed by atoms with Crippen LogP contribution in [0, 0.1) is 6.92 Å². The van der Waals surface area contributed by atoms with Crippen LogP contribution < -0.4 is 11.1 Å². The van der Waals surface area contributed by atoms with E-state index in [-0.39, 0.29) is 0 Å². The number of anilines is 1. The largest absolute Gasteiger partial charge is 0.367 e. The van der Waals surface area contributed by atoms with Gasteiger partial charge in [0.05, 0.1) is 5.69 Å². The number of halogens is 1. The van der Waals surface area contributed by atoms with Crippen LogP contribution in [0.1, 0.15) is 62.1 Å². The van der Waals surface area contributed by atoms with Crippen molar-refractivity contribution in [3.8, 4) is 0 Å². The van der Waals surface area contributed by atoms with Crippen molar-refractivity contribution in [2.45, 2.75) is 69.9 Å². The van der Waals surface area contributed by atoms with E-state index in [9.17, 15) is 0 Å². The van der Waals surface area contributed by atoms with Gasteiger partial charge >= 0.3 is 0 Å². The van der Waals surface area contributed by atoms with E-state index in [1.54, 1.807) is 0 Å². The Bertz CT molecular complexity index is 485. The molecule has 20 heavy (non-hydrogen) atoms. The fourth-order valence-corrected chi connectivity index (χ4v) is 3.75. The Kier molecular flexibility index (Phi) is 4.13. The maximum atomic E-state index is 6.13. The first-order valence-electron chi connectivity index (χ1n) is 7.69. The molecule has 2 aliphatic carbocycles. The van der Waals surface area contributed by atoms with Gasteiger partial charge in [0.25, 0.3) is 0 Å². The molecule has 2 fully saturated rings. The van der Waals surface area contributed by atoms with Crippen molar-refractivity contribution in [1.29, 1.82) is 0 Å². The fourth-order valence-electron chi connectivity index (χ4n) is 3.57. The summed E-state index contributed by atoms with van der Waals surface area (Å²) in [6.07, 6.45) is 8.27. The third kappa shape index (κ3) is 2.91. The van der Waals surface area contributed by atoms with Crippen LogP contribution in [0.15, 0.2) is 0 Å². The van der Waals surface area contributed by atoms with Gasteiger partial charge in [-0.15, -0.1) is 0 Å². The molecule has 0 bridgehead atoms. The van der Waals surface area contributed by atoms with E-state index in [0.717, 1.165) is 36.3 Å². The molecule has 2 aliphatic rings. The molecule has 2 atom stereocenters. The number of nitrogens with two attached hydrogens (primary N) is 1. The molecular weight excluding hydrogens is 272 g/mol. The van der Waals surface area contributed by atoms with Crippen LogP contribution in [0.2, 0.25) is 5.28 Å². The second kappa shape index (κ2) is 5.86. The summed E-state index contributed by atoms with van der Waals surface area (Å²) in [5.41, 5.74) is 8.28. The number of nitrogens with one attached hydrogen (secondary N) is 1. The average molecular weight is 295 g/mol. The molecule has 0 aliphatic heterocycles. The van der Waals surface area contributed by atoms with Crippen LogP contribution in [0.5, 0.6) is 0 Å². The molecule has 3 N–H and O–H groups in total. The van der Waals surface area contributed by atoms with Crippen LogP contribution >= 0.6 is 11.6 Å². The highest BCUT2D eigenvalue weighted by Gasteiger charge is 2.27. The predicted octanol–water partition coefficient (Wildman–Crippen LogP) is 3.39. The molecule has 1 aromatic rings. The zero-order valence-electron chi connectivity index (χ0n) is 12.0. The van der Waals surface area contributed by atoms with Crippen molar-refractivity contribution in [1.82, 2.24) is 9.97 Å². The number of aromatic nitrogens is 2. The molecule has 1 heterocycles. The van der Waals surface area contributed by atoms with Crippen LogP contribution in [-0.2, 0) is 0 Å². The topological polar surface area (TPSA) is 63.8 Å². The van der Waals surface area contributed by atoms with Gasteiger partial charge in [0.1, 0.15) is 5.82 Å². The van der Waals surface area contributed by atoms with Gasteiger partial charge in [0.2, 0.25) is 5.28 Å². The Morgan fingerprint density at radius 3 is 2.55 bits per heavy atom. The standard InChI is InChI=1S/C15H23ClN4/c1-9-13(10-6-7-11(17)8-10)19-15(16)20-14(9)18-12-4-2-3-5-12/h10-12H,2-8,17H2,1H3,(H,18,19,20). The summed E-state index contributed by atoms with van der Waals surface area (Å²) in [4.78, 5) is 8.88. The molecule has 0 radical (unpaired) electrons. The fraction of sp³-hybridized carbons (Fsp3) is 0.733. The molecule has 0 aromatic carbocycles. The normalized spacial score (nSPS) is 27.1. The number of hydrogen-bond acceptors (Lipinski definition) is 4. The maximum Gasteiger partial charge on any atom is 0.224 e. The molecule has 110 valence electrons. The monoisotopic (exact) mass is 294 g/mol. The third-order valence-corrected chi connectivity index (χ3v) is 4.88. The van der Waals surface area contributed by atoms with Gasteiger partial charge in [0.15, 0.2) is 0 Å². The van der Waals surface area contributed by atoms with Gasteiger partial charge in [-0.3, -0.25) is 0 Å². The lowest BCUT2D eigenvalue weighted by Gasteiger charge is -2.19. The first kappa shape index (κ1) is 14.1. The Labute approximate surface area is 125 Å². The second-order valence-corrected chi connectivity index (χ2v) is 6.59. The summed E-state index contributed by atoms with van der Waals surface area (Å²) >= 11 is 6.13. The zero-order valence-corrected chi connectivity index (χ0v) is 12.8. The van der Waals surface area contributed by atoms with E-state index >= 15 is 0 Å². The SMILES string of the molecule is Cc1c(NC2CCCC2)nc(Cl)nc1C1CCC(N)C1. The van der Waals surface area contributed by atoms with Crippen molar-refractivity contribution in [3.05, 3.63) is 16.5 Å². The number of hydrogen-bond donors (Lipinski definition) is 2. The van der Waals surface area contributed by atoms with Gasteiger partial charge in [-0.05, 0) is 50.6 Å². The first-order valence-corrected chi connectivity index (χ1v) is 8.07. The molecule has 2 unspecified atom stereocenters. The molecular formula is C15H23ClN4. The quantitative estimate of drug-likeness (QED) is 0.839. The van der Waals surface area contributed by atoms with Crippen LogP contribution in [0.4, 0.5) is 5.82 Å². The molecule has 0 saturated heterocycles. The highest BCUT2D eigenvalue weighted by molar-refractivity contribution is 6.28. The van der Waals surface area contributed by atoms with Crippen LogP contribution in [-0.4, -0.2) is 22.1 Å². The van der Waals surface area contributed by atoms with Crippen molar-refractivity contribution in [2.24, 2.45) is 5.73 Å². The van der Waals surface area contributed by atoms with Crippen LogP contribution in [0.25, 0.3) is 0 Å². The summed E-state index contributed by atoms with van der Waals surface area (Å²) in [5, 5.41) is 3.91. The van der Waals surface area contributed by atoms with E-state index in [1.165, 1.54) is 25.7 Å². The molecule has 3 rings (SSSR count). The number of nitrogens with zero attached hydrogens (tertiary/aromatic N) is 2. The van der Waals surface area contributed by atoms with Crippen LogP contribution in [0.3, 0.4) is 0 Å². The van der Waals surface area contributed by atoms with E-state index < -0.39 is 0 Å². The molecule has 0 spiro atoms. The lowest BCUT2D eigenvalue weighted by atomic mass is 9.99. The van der Waals surface area contributed by atoms with E-state index in [0.29, 0.717) is 23.3 Å². The summed E-state index contributed by atoms with van der Waals surface area (Å²) in [7, 11) is 0. The van der Waals surface area contributed by atoms with Gasteiger partial charge in [-0.2, -0.15) is 0 Å². The van der Waals surface area contributed by atoms with Gasteiger partial charge in [-0.25, -0.2) is 9.97 Å². The third-order valence-electron chi connectivity index (χ3n) is 4.71. The molecule has 0 amide bonds. The zero-order chi connectivity index (χ0) is 14.1. The molecule has 1 aromatic heterocycles. The second-order valence-electron chi connectivity index (χ2n) is 6.25. The highest BCUT2D eigenvalue weighted by Crippen LogP contribution is 2.36. The van der Waals surface area contributed by atoms with Crippen molar-refractivity contribution in [2.75, 3.05) is 5.32 Å². The Hall–Kier alpha value is -0.870. The maximum absolute atomic E-state index is 6.13. The minimum atomic E-state index is 0.305.